The third kappa shape index (κ3) is 4.48. The lowest BCUT2D eigenvalue weighted by Gasteiger charge is -2.20. The number of halogens is 1. The molecule has 0 atom stereocenters. The highest BCUT2D eigenvalue weighted by atomic mass is 32.2. The number of aryl methyl sites for hydroxylation is 1. The van der Waals surface area contributed by atoms with Crippen molar-refractivity contribution >= 4 is 28.8 Å². The Morgan fingerprint density at radius 1 is 1.13 bits per heavy atom. The van der Waals surface area contributed by atoms with Crippen molar-refractivity contribution < 1.29 is 9.18 Å². The van der Waals surface area contributed by atoms with Crippen LogP contribution in [-0.4, -0.2) is 35.9 Å². The van der Waals surface area contributed by atoms with E-state index in [0.29, 0.717) is 5.16 Å². The largest absolute Gasteiger partial charge is 0.351 e. The van der Waals surface area contributed by atoms with Crippen molar-refractivity contribution in [2.75, 3.05) is 5.75 Å². The van der Waals surface area contributed by atoms with Gasteiger partial charge in [-0.05, 0) is 38.5 Å². The quantitative estimate of drug-likeness (QED) is 0.618. The van der Waals surface area contributed by atoms with Crippen molar-refractivity contribution in [3.63, 3.8) is 0 Å². The Morgan fingerprint density at radius 2 is 1.77 bits per heavy atom. The lowest BCUT2D eigenvalue weighted by Crippen LogP contribution is -2.41. The molecule has 3 aromatic rings. The number of hydrogen-bond acceptors (Lipinski definition) is 5. The van der Waals surface area contributed by atoms with E-state index in [0.717, 1.165) is 10.1 Å². The molecule has 3 rings (SSSR count). The third-order valence-electron chi connectivity index (χ3n) is 4.41. The van der Waals surface area contributed by atoms with Crippen LogP contribution in [0.15, 0.2) is 39.0 Å². The molecule has 0 unspecified atom stereocenters. The summed E-state index contributed by atoms with van der Waals surface area (Å²) in [5.41, 5.74) is -0.0833. The number of benzene rings is 1. The molecule has 1 N–H and O–H groups in total. The standard InChI is InChI=1S/C20H24FN5O3S/c1-20(2,3)23-14(27)11-30-18-22-16-15(17(28)25(5)19(29)24(16)4)26(18)10-12-6-8-13(21)9-7-12/h6-9H,10-11H2,1-5H3,(H,23,27). The van der Waals surface area contributed by atoms with Crippen LogP contribution in [0.3, 0.4) is 0 Å². The van der Waals surface area contributed by atoms with Crippen LogP contribution in [0.4, 0.5) is 4.39 Å². The van der Waals surface area contributed by atoms with E-state index in [9.17, 15) is 18.8 Å². The van der Waals surface area contributed by atoms with Gasteiger partial charge in [-0.2, -0.15) is 0 Å². The van der Waals surface area contributed by atoms with E-state index in [1.807, 2.05) is 20.8 Å². The number of fused-ring (bicyclic) bond motifs is 1. The zero-order valence-electron chi connectivity index (χ0n) is 17.5. The first kappa shape index (κ1) is 21.8. The van der Waals surface area contributed by atoms with E-state index in [1.54, 1.807) is 23.7 Å². The first-order valence-electron chi connectivity index (χ1n) is 9.32. The summed E-state index contributed by atoms with van der Waals surface area (Å²) < 4.78 is 17.3. The van der Waals surface area contributed by atoms with Gasteiger partial charge >= 0.3 is 5.69 Å². The summed E-state index contributed by atoms with van der Waals surface area (Å²) >= 11 is 1.18. The van der Waals surface area contributed by atoms with E-state index in [2.05, 4.69) is 10.3 Å². The minimum absolute atomic E-state index is 0.0955. The minimum atomic E-state index is -0.485. The Hall–Kier alpha value is -2.88. The molecule has 0 aliphatic carbocycles. The van der Waals surface area contributed by atoms with Gasteiger partial charge in [-0.1, -0.05) is 23.9 Å². The number of imidazole rings is 1. The maximum Gasteiger partial charge on any atom is 0.332 e. The molecule has 0 spiro atoms. The fraction of sp³-hybridized carbons (Fsp3) is 0.400. The number of aromatic nitrogens is 4. The second-order valence-electron chi connectivity index (χ2n) is 8.07. The number of carbonyl (C=O) groups excluding carboxylic acids is 1. The Bertz CT molecular complexity index is 1220. The van der Waals surface area contributed by atoms with E-state index >= 15 is 0 Å². The highest BCUT2D eigenvalue weighted by Crippen LogP contribution is 2.23. The first-order chi connectivity index (χ1) is 14.0. The van der Waals surface area contributed by atoms with E-state index in [4.69, 9.17) is 0 Å². The maximum absolute atomic E-state index is 13.3. The van der Waals surface area contributed by atoms with Gasteiger partial charge in [0.05, 0.1) is 12.3 Å². The van der Waals surface area contributed by atoms with Gasteiger partial charge in [0.25, 0.3) is 5.56 Å². The molecular weight excluding hydrogens is 409 g/mol. The molecule has 160 valence electrons. The fourth-order valence-corrected chi connectivity index (χ4v) is 3.84. The van der Waals surface area contributed by atoms with Gasteiger partial charge in [-0.25, -0.2) is 14.2 Å². The molecule has 2 aromatic heterocycles. The van der Waals surface area contributed by atoms with Crippen molar-refractivity contribution in [1.82, 2.24) is 24.0 Å². The predicted molar refractivity (Wildman–Crippen MR) is 114 cm³/mol. The summed E-state index contributed by atoms with van der Waals surface area (Å²) in [4.78, 5) is 41.9. The van der Waals surface area contributed by atoms with Crippen LogP contribution < -0.4 is 16.6 Å². The molecule has 0 radical (unpaired) electrons. The van der Waals surface area contributed by atoms with Gasteiger partial charge < -0.3 is 9.88 Å². The molecule has 1 aromatic carbocycles. The molecule has 30 heavy (non-hydrogen) atoms. The van der Waals surface area contributed by atoms with Gasteiger partial charge in [0.2, 0.25) is 5.91 Å². The van der Waals surface area contributed by atoms with Crippen molar-refractivity contribution in [2.45, 2.75) is 38.0 Å². The number of rotatable bonds is 5. The lowest BCUT2D eigenvalue weighted by molar-refractivity contribution is -0.119. The summed E-state index contributed by atoms with van der Waals surface area (Å²) in [5, 5.41) is 3.31. The number of thioether (sulfide) groups is 1. The zero-order chi connectivity index (χ0) is 22.2. The van der Waals surface area contributed by atoms with Gasteiger partial charge in [-0.15, -0.1) is 0 Å². The number of carbonyl (C=O) groups is 1. The van der Waals surface area contributed by atoms with Crippen molar-refractivity contribution in [3.05, 3.63) is 56.5 Å². The monoisotopic (exact) mass is 433 g/mol. The highest BCUT2D eigenvalue weighted by Gasteiger charge is 2.21. The average molecular weight is 434 g/mol. The Morgan fingerprint density at radius 3 is 2.37 bits per heavy atom. The molecule has 0 saturated heterocycles. The van der Waals surface area contributed by atoms with Crippen LogP contribution in [0.5, 0.6) is 0 Å². The Kier molecular flexibility index (Phi) is 5.89. The van der Waals surface area contributed by atoms with Crippen molar-refractivity contribution in [2.24, 2.45) is 14.1 Å². The molecule has 0 bridgehead atoms. The van der Waals surface area contributed by atoms with Crippen molar-refractivity contribution in [1.29, 1.82) is 0 Å². The van der Waals surface area contributed by atoms with E-state index in [1.165, 1.54) is 35.5 Å². The number of hydrogen-bond donors (Lipinski definition) is 1. The van der Waals surface area contributed by atoms with Gasteiger partial charge in [-0.3, -0.25) is 18.7 Å². The second-order valence-corrected chi connectivity index (χ2v) is 9.01. The molecule has 10 heteroatoms. The van der Waals surface area contributed by atoms with Crippen LogP contribution in [0, 0.1) is 5.82 Å². The molecule has 0 aliphatic heterocycles. The normalized spacial score (nSPS) is 11.8. The number of nitrogens with one attached hydrogen (secondary N) is 1. The predicted octanol–water partition coefficient (Wildman–Crippen LogP) is 1.63. The summed E-state index contributed by atoms with van der Waals surface area (Å²) in [6, 6.07) is 5.92. The summed E-state index contributed by atoms with van der Waals surface area (Å²) in [6.07, 6.45) is 0. The van der Waals surface area contributed by atoms with E-state index in [-0.39, 0.29) is 40.7 Å². The Balaban J connectivity index is 2.08. The molecule has 0 saturated carbocycles. The van der Waals surface area contributed by atoms with Gasteiger partial charge in [0.15, 0.2) is 16.3 Å². The fourth-order valence-electron chi connectivity index (χ4n) is 3.04. The van der Waals surface area contributed by atoms with Crippen LogP contribution in [0.25, 0.3) is 11.2 Å². The molecule has 0 fully saturated rings. The SMILES string of the molecule is Cn1c(=O)c2c(nc(SCC(=O)NC(C)(C)C)n2Cc2ccc(F)cc2)n(C)c1=O. The minimum Gasteiger partial charge on any atom is -0.351 e. The first-order valence-corrected chi connectivity index (χ1v) is 10.3. The number of amides is 1. The molecule has 1 amide bonds. The number of nitrogens with zero attached hydrogens (tertiary/aromatic N) is 4. The molecule has 2 heterocycles. The van der Waals surface area contributed by atoms with Crippen molar-refractivity contribution in [3.8, 4) is 0 Å². The van der Waals surface area contributed by atoms with E-state index < -0.39 is 11.2 Å². The Labute approximate surface area is 176 Å². The smallest absolute Gasteiger partial charge is 0.332 e. The highest BCUT2D eigenvalue weighted by molar-refractivity contribution is 7.99. The average Bonchev–Trinajstić information content (AvgIpc) is 3.02. The topological polar surface area (TPSA) is 90.9 Å². The summed E-state index contributed by atoms with van der Waals surface area (Å²) in [7, 11) is 2.95. The summed E-state index contributed by atoms with van der Waals surface area (Å²) in [6.45, 7) is 5.91. The maximum atomic E-state index is 13.3. The third-order valence-corrected chi connectivity index (χ3v) is 5.39. The molecular formula is C20H24FN5O3S. The van der Waals surface area contributed by atoms with Gasteiger partial charge in [0.1, 0.15) is 5.82 Å². The van der Waals surface area contributed by atoms with Gasteiger partial charge in [0, 0.05) is 19.6 Å². The van der Waals surface area contributed by atoms with Crippen LogP contribution in [0.2, 0.25) is 0 Å². The van der Waals surface area contributed by atoms with Crippen LogP contribution >= 0.6 is 11.8 Å². The second kappa shape index (κ2) is 8.10. The molecule has 8 nitrogen and oxygen atoms in total. The van der Waals surface area contributed by atoms with Crippen LogP contribution in [0.1, 0.15) is 26.3 Å². The summed E-state index contributed by atoms with van der Waals surface area (Å²) in [5.74, 6) is -0.436. The zero-order valence-corrected chi connectivity index (χ0v) is 18.3. The van der Waals surface area contributed by atoms with Crippen LogP contribution in [-0.2, 0) is 25.4 Å². The molecule has 0 aliphatic rings. The lowest BCUT2D eigenvalue weighted by atomic mass is 10.1.